The maximum absolute atomic E-state index is 8.57. The number of aliphatic hydroxyl groups is 2. The second-order valence-corrected chi connectivity index (χ2v) is 2.93. The van der Waals surface area contributed by atoms with Gasteiger partial charge in [0.25, 0.3) is 0 Å². The number of nitrogens with zero attached hydrogens (tertiary/aromatic N) is 1. The van der Waals surface area contributed by atoms with Crippen molar-refractivity contribution in [2.45, 2.75) is 26.2 Å². The van der Waals surface area contributed by atoms with E-state index in [2.05, 4.69) is 6.92 Å². The number of hydroxylamine groups is 2. The van der Waals surface area contributed by atoms with E-state index in [0.717, 1.165) is 19.3 Å². The fraction of sp³-hybridized carbons (Fsp3) is 0.800. The standard InChI is InChI=1S/C10H21NO4/c1-2-3-4-5-6-11(14-9-7-12)15-10-8-13/h5-6,12-13H,2-4,7-10H2,1H3. The normalized spacial score (nSPS) is 11.1. The van der Waals surface area contributed by atoms with Crippen molar-refractivity contribution in [1.82, 2.24) is 5.23 Å². The van der Waals surface area contributed by atoms with Gasteiger partial charge in [0.15, 0.2) is 0 Å². The molecular weight excluding hydrogens is 198 g/mol. The smallest absolute Gasteiger partial charge is 0.101 e. The third-order valence-corrected chi connectivity index (χ3v) is 1.57. The van der Waals surface area contributed by atoms with Crippen molar-refractivity contribution < 1.29 is 19.9 Å². The highest BCUT2D eigenvalue weighted by atomic mass is 16.9. The van der Waals surface area contributed by atoms with E-state index in [0.29, 0.717) is 0 Å². The van der Waals surface area contributed by atoms with Crippen LogP contribution in [0, 0.1) is 0 Å². The van der Waals surface area contributed by atoms with E-state index in [1.54, 1.807) is 6.20 Å². The first-order valence-corrected chi connectivity index (χ1v) is 5.28. The van der Waals surface area contributed by atoms with E-state index in [9.17, 15) is 0 Å². The molecule has 0 bridgehead atoms. The summed E-state index contributed by atoms with van der Waals surface area (Å²) in [6, 6.07) is 0. The first-order valence-electron chi connectivity index (χ1n) is 5.28. The van der Waals surface area contributed by atoms with E-state index >= 15 is 0 Å². The largest absolute Gasteiger partial charge is 0.394 e. The van der Waals surface area contributed by atoms with Gasteiger partial charge in [-0.25, -0.2) is 9.68 Å². The number of hydrogen-bond donors (Lipinski definition) is 2. The van der Waals surface area contributed by atoms with Crippen LogP contribution in [0.5, 0.6) is 0 Å². The van der Waals surface area contributed by atoms with Crippen LogP contribution in [-0.4, -0.2) is 41.9 Å². The molecule has 0 atom stereocenters. The highest BCUT2D eigenvalue weighted by molar-refractivity contribution is 4.75. The molecule has 0 aliphatic rings. The quantitative estimate of drug-likeness (QED) is 0.421. The summed E-state index contributed by atoms with van der Waals surface area (Å²) in [5.41, 5.74) is 0. The monoisotopic (exact) mass is 219 g/mol. The van der Waals surface area contributed by atoms with Gasteiger partial charge >= 0.3 is 0 Å². The molecule has 0 unspecified atom stereocenters. The van der Waals surface area contributed by atoms with Crippen LogP contribution in [0.4, 0.5) is 0 Å². The Bertz CT molecular complexity index is 144. The predicted molar refractivity (Wildman–Crippen MR) is 56.6 cm³/mol. The molecule has 0 aliphatic heterocycles. The molecule has 2 N–H and O–H groups in total. The molecule has 0 fully saturated rings. The second-order valence-electron chi connectivity index (χ2n) is 2.93. The van der Waals surface area contributed by atoms with Gasteiger partial charge < -0.3 is 10.2 Å². The van der Waals surface area contributed by atoms with Gasteiger partial charge in [0.1, 0.15) is 13.2 Å². The van der Waals surface area contributed by atoms with Gasteiger partial charge in [-0.2, -0.15) is 0 Å². The zero-order valence-corrected chi connectivity index (χ0v) is 9.26. The van der Waals surface area contributed by atoms with Crippen molar-refractivity contribution in [3.05, 3.63) is 12.3 Å². The molecular formula is C10H21NO4. The summed E-state index contributed by atoms with van der Waals surface area (Å²) in [5, 5.41) is 18.3. The molecule has 0 saturated heterocycles. The lowest BCUT2D eigenvalue weighted by molar-refractivity contribution is -0.339. The zero-order valence-electron chi connectivity index (χ0n) is 9.26. The molecule has 0 rings (SSSR count). The van der Waals surface area contributed by atoms with Crippen molar-refractivity contribution in [2.75, 3.05) is 26.4 Å². The molecule has 0 aromatic rings. The van der Waals surface area contributed by atoms with Crippen LogP contribution in [0.2, 0.25) is 0 Å². The Morgan fingerprint density at radius 3 is 2.20 bits per heavy atom. The molecule has 0 saturated carbocycles. The van der Waals surface area contributed by atoms with Gasteiger partial charge in [0.2, 0.25) is 0 Å². The second kappa shape index (κ2) is 11.5. The van der Waals surface area contributed by atoms with Crippen LogP contribution in [-0.2, 0) is 9.68 Å². The first kappa shape index (κ1) is 14.4. The van der Waals surface area contributed by atoms with E-state index in [1.165, 1.54) is 5.23 Å². The van der Waals surface area contributed by atoms with Gasteiger partial charge in [-0.3, -0.25) is 0 Å². The molecule has 0 radical (unpaired) electrons. The molecule has 0 aromatic heterocycles. The minimum atomic E-state index is -0.0677. The Balaban J connectivity index is 3.71. The SMILES string of the molecule is CCCCC=CN(OCCO)OCCO. The minimum absolute atomic E-state index is 0.0677. The fourth-order valence-electron chi connectivity index (χ4n) is 0.868. The summed E-state index contributed by atoms with van der Waals surface area (Å²) in [7, 11) is 0. The summed E-state index contributed by atoms with van der Waals surface area (Å²) in [4.78, 5) is 10.1. The number of allylic oxidation sites excluding steroid dienone is 1. The highest BCUT2D eigenvalue weighted by Gasteiger charge is 1.98. The Hall–Kier alpha value is -0.620. The molecule has 0 aromatic carbocycles. The fourth-order valence-corrected chi connectivity index (χ4v) is 0.868. The maximum atomic E-state index is 8.57. The molecule has 15 heavy (non-hydrogen) atoms. The van der Waals surface area contributed by atoms with E-state index < -0.39 is 0 Å². The number of rotatable bonds is 10. The van der Waals surface area contributed by atoms with Crippen LogP contribution in [0.1, 0.15) is 26.2 Å². The molecule has 0 spiro atoms. The van der Waals surface area contributed by atoms with Crippen LogP contribution < -0.4 is 0 Å². The predicted octanol–water partition coefficient (Wildman–Crippen LogP) is 0.840. The number of hydrogen-bond acceptors (Lipinski definition) is 5. The summed E-state index contributed by atoms with van der Waals surface area (Å²) >= 11 is 0. The van der Waals surface area contributed by atoms with E-state index in [1.807, 2.05) is 6.08 Å². The average Bonchev–Trinajstić information content (AvgIpc) is 2.27. The Morgan fingerprint density at radius 1 is 1.13 bits per heavy atom. The van der Waals surface area contributed by atoms with Gasteiger partial charge in [0.05, 0.1) is 19.4 Å². The third kappa shape index (κ3) is 9.68. The first-order chi connectivity index (χ1) is 7.35. The van der Waals surface area contributed by atoms with Crippen LogP contribution in [0.3, 0.4) is 0 Å². The van der Waals surface area contributed by atoms with Gasteiger partial charge in [0, 0.05) is 0 Å². The topological polar surface area (TPSA) is 62.2 Å². The lowest BCUT2D eigenvalue weighted by Gasteiger charge is -2.17. The van der Waals surface area contributed by atoms with Crippen LogP contribution in [0.15, 0.2) is 12.3 Å². The molecule has 0 aliphatic carbocycles. The highest BCUT2D eigenvalue weighted by Crippen LogP contribution is 1.99. The van der Waals surface area contributed by atoms with E-state index in [4.69, 9.17) is 19.9 Å². The lowest BCUT2D eigenvalue weighted by atomic mass is 10.2. The van der Waals surface area contributed by atoms with Gasteiger partial charge in [-0.05, 0) is 6.42 Å². The van der Waals surface area contributed by atoms with Gasteiger partial charge in [-0.15, -0.1) is 5.23 Å². The third-order valence-electron chi connectivity index (χ3n) is 1.57. The van der Waals surface area contributed by atoms with Crippen molar-refractivity contribution in [3.8, 4) is 0 Å². The Labute approximate surface area is 90.8 Å². The molecule has 5 nitrogen and oxygen atoms in total. The molecule has 0 amide bonds. The van der Waals surface area contributed by atoms with Gasteiger partial charge in [-0.1, -0.05) is 25.8 Å². The van der Waals surface area contributed by atoms with Crippen molar-refractivity contribution in [3.63, 3.8) is 0 Å². The van der Waals surface area contributed by atoms with E-state index in [-0.39, 0.29) is 26.4 Å². The molecule has 5 heteroatoms. The lowest BCUT2D eigenvalue weighted by Crippen LogP contribution is -2.22. The van der Waals surface area contributed by atoms with Crippen molar-refractivity contribution in [1.29, 1.82) is 0 Å². The van der Waals surface area contributed by atoms with Crippen LogP contribution >= 0.6 is 0 Å². The van der Waals surface area contributed by atoms with Crippen molar-refractivity contribution >= 4 is 0 Å². The van der Waals surface area contributed by atoms with Crippen molar-refractivity contribution in [2.24, 2.45) is 0 Å². The molecule has 90 valence electrons. The summed E-state index contributed by atoms with van der Waals surface area (Å²) in [6.07, 6.45) is 6.79. The average molecular weight is 219 g/mol. The summed E-state index contributed by atoms with van der Waals surface area (Å²) < 4.78 is 0. The number of unbranched alkanes of at least 4 members (excludes halogenated alkanes) is 2. The Morgan fingerprint density at radius 2 is 1.73 bits per heavy atom. The number of aliphatic hydroxyl groups excluding tert-OH is 2. The maximum Gasteiger partial charge on any atom is 0.101 e. The summed E-state index contributed by atoms with van der Waals surface area (Å²) in [6.45, 7) is 2.33. The van der Waals surface area contributed by atoms with Crippen LogP contribution in [0.25, 0.3) is 0 Å². The summed E-state index contributed by atoms with van der Waals surface area (Å²) in [5.74, 6) is 0. The molecule has 0 heterocycles. The minimum Gasteiger partial charge on any atom is -0.394 e. The zero-order chi connectivity index (χ0) is 11.4. The Kier molecular flexibility index (Phi) is 11.0.